The average molecular weight is 337 g/mol. The lowest BCUT2D eigenvalue weighted by molar-refractivity contribution is -0.119. The van der Waals surface area contributed by atoms with Gasteiger partial charge in [-0.2, -0.15) is 0 Å². The van der Waals surface area contributed by atoms with Crippen LogP contribution in [0.3, 0.4) is 0 Å². The lowest BCUT2D eigenvalue weighted by Crippen LogP contribution is -2.47. The highest BCUT2D eigenvalue weighted by atomic mass is 32.1. The Morgan fingerprint density at radius 1 is 1.61 bits per heavy atom. The largest absolute Gasteiger partial charge is 0.370 e. The number of carbonyl (C=O) groups is 1. The van der Waals surface area contributed by atoms with Crippen molar-refractivity contribution in [2.45, 2.75) is 39.0 Å². The van der Waals surface area contributed by atoms with Crippen LogP contribution in [0.2, 0.25) is 0 Å². The molecule has 0 aromatic carbocycles. The summed E-state index contributed by atoms with van der Waals surface area (Å²) in [5, 5.41) is 6.71. The minimum atomic E-state index is -0.210. The van der Waals surface area contributed by atoms with Gasteiger partial charge in [-0.3, -0.25) is 9.79 Å². The number of aliphatic imine (C=N–C) groups is 1. The number of carbonyl (C=O) groups excluding carboxylic acids is 1. The number of primary amides is 1. The Bertz CT molecular complexity index is 542. The predicted octanol–water partition coefficient (Wildman–Crippen LogP) is 1.55. The van der Waals surface area contributed by atoms with Crippen molar-refractivity contribution in [1.29, 1.82) is 0 Å². The van der Waals surface area contributed by atoms with E-state index in [1.54, 1.807) is 11.3 Å². The molecule has 3 N–H and O–H groups in total. The molecule has 1 aromatic rings. The van der Waals surface area contributed by atoms with E-state index in [1.807, 2.05) is 14.0 Å². The Hall–Kier alpha value is -1.63. The maximum Gasteiger partial charge on any atom is 0.217 e. The van der Waals surface area contributed by atoms with Gasteiger partial charge in [-0.25, -0.2) is 4.98 Å². The van der Waals surface area contributed by atoms with E-state index >= 15 is 0 Å². The molecule has 1 amide bonds. The lowest BCUT2D eigenvalue weighted by Gasteiger charge is -2.34. The summed E-state index contributed by atoms with van der Waals surface area (Å²) in [6.07, 6.45) is 4.64. The maximum atomic E-state index is 11.1. The first-order valence-corrected chi connectivity index (χ1v) is 9.11. The van der Waals surface area contributed by atoms with Gasteiger partial charge in [0.25, 0.3) is 0 Å². The Morgan fingerprint density at radius 3 is 3.09 bits per heavy atom. The van der Waals surface area contributed by atoms with E-state index in [4.69, 9.17) is 5.73 Å². The van der Waals surface area contributed by atoms with Crippen molar-refractivity contribution in [3.63, 3.8) is 0 Å². The summed E-state index contributed by atoms with van der Waals surface area (Å²) in [5.41, 5.74) is 6.42. The number of amides is 1. The molecule has 1 unspecified atom stereocenters. The lowest BCUT2D eigenvalue weighted by atomic mass is 9.95. The average Bonchev–Trinajstić information content (AvgIpc) is 2.92. The molecule has 2 rings (SSSR count). The minimum Gasteiger partial charge on any atom is -0.370 e. The Balaban J connectivity index is 1.74. The number of hydrogen-bond acceptors (Lipinski definition) is 4. The van der Waals surface area contributed by atoms with E-state index in [2.05, 4.69) is 25.6 Å². The van der Waals surface area contributed by atoms with Crippen LogP contribution < -0.4 is 11.1 Å². The summed E-state index contributed by atoms with van der Waals surface area (Å²) >= 11 is 1.72. The van der Waals surface area contributed by atoms with Crippen molar-refractivity contribution in [2.75, 3.05) is 26.7 Å². The maximum absolute atomic E-state index is 11.1. The highest BCUT2D eigenvalue weighted by Gasteiger charge is 2.23. The van der Waals surface area contributed by atoms with Gasteiger partial charge in [0.05, 0.1) is 5.01 Å². The van der Waals surface area contributed by atoms with Crippen molar-refractivity contribution >= 4 is 23.2 Å². The fourth-order valence-corrected chi connectivity index (χ4v) is 3.82. The van der Waals surface area contributed by atoms with Gasteiger partial charge in [0.15, 0.2) is 5.96 Å². The number of guanidine groups is 1. The zero-order valence-corrected chi connectivity index (χ0v) is 14.9. The number of thiazole rings is 1. The Morgan fingerprint density at radius 2 is 2.43 bits per heavy atom. The third-order valence-corrected chi connectivity index (χ3v) is 5.06. The van der Waals surface area contributed by atoms with Gasteiger partial charge in [0.2, 0.25) is 5.91 Å². The second-order valence-corrected chi connectivity index (χ2v) is 7.03. The summed E-state index contributed by atoms with van der Waals surface area (Å²) in [7, 11) is 1.81. The molecule has 0 bridgehead atoms. The quantitative estimate of drug-likeness (QED) is 0.469. The van der Waals surface area contributed by atoms with Crippen LogP contribution in [0.1, 0.15) is 36.4 Å². The van der Waals surface area contributed by atoms with E-state index < -0.39 is 0 Å². The molecular weight excluding hydrogens is 310 g/mol. The number of nitrogens with zero attached hydrogens (tertiary/aromatic N) is 3. The van der Waals surface area contributed by atoms with Gasteiger partial charge in [0, 0.05) is 50.6 Å². The zero-order chi connectivity index (χ0) is 16.7. The molecule has 1 aliphatic rings. The monoisotopic (exact) mass is 337 g/mol. The van der Waals surface area contributed by atoms with Crippen LogP contribution in [0, 0.1) is 12.8 Å². The summed E-state index contributed by atoms with van der Waals surface area (Å²) in [4.78, 5) is 22.2. The second kappa shape index (κ2) is 8.86. The van der Waals surface area contributed by atoms with Crippen molar-refractivity contribution in [3.8, 4) is 0 Å². The number of rotatable bonds is 6. The minimum absolute atomic E-state index is 0.210. The number of piperidine rings is 1. The van der Waals surface area contributed by atoms with Gasteiger partial charge in [-0.1, -0.05) is 0 Å². The Labute approximate surface area is 142 Å². The summed E-state index contributed by atoms with van der Waals surface area (Å²) in [6, 6.07) is 0. The summed E-state index contributed by atoms with van der Waals surface area (Å²) < 4.78 is 0. The topological polar surface area (TPSA) is 83.6 Å². The number of aryl methyl sites for hydroxylation is 2. The standard InChI is InChI=1S/C16H27N5OS/c1-12-11-23-15(20-12)6-3-7-19-16(18-2)21-8-4-5-13(10-21)9-14(17)22/h11,13H,3-10H2,1-2H3,(H2,17,22)(H,18,19). The highest BCUT2D eigenvalue weighted by molar-refractivity contribution is 7.09. The molecule has 1 atom stereocenters. The number of nitrogens with two attached hydrogens (primary N) is 1. The molecular formula is C16H27N5OS. The third kappa shape index (κ3) is 5.82. The number of aromatic nitrogens is 1. The molecule has 1 aliphatic heterocycles. The first kappa shape index (κ1) is 17.7. The number of likely N-dealkylation sites (tertiary alicyclic amines) is 1. The first-order chi connectivity index (χ1) is 11.1. The van der Waals surface area contributed by atoms with Crippen LogP contribution in [-0.4, -0.2) is 48.4 Å². The van der Waals surface area contributed by atoms with Crippen LogP contribution in [0.5, 0.6) is 0 Å². The Kier molecular flexibility index (Phi) is 6.83. The van der Waals surface area contributed by atoms with Crippen molar-refractivity contribution < 1.29 is 4.79 Å². The smallest absolute Gasteiger partial charge is 0.217 e. The van der Waals surface area contributed by atoms with Crippen molar-refractivity contribution in [1.82, 2.24) is 15.2 Å². The number of hydrogen-bond donors (Lipinski definition) is 2. The van der Waals surface area contributed by atoms with E-state index in [0.29, 0.717) is 12.3 Å². The molecule has 2 heterocycles. The van der Waals surface area contributed by atoms with Crippen molar-refractivity contribution in [2.24, 2.45) is 16.6 Å². The molecule has 0 spiro atoms. The molecule has 0 aliphatic carbocycles. The summed E-state index contributed by atoms with van der Waals surface area (Å²) in [6.45, 7) is 4.75. The molecule has 0 saturated carbocycles. The first-order valence-electron chi connectivity index (χ1n) is 8.23. The van der Waals surface area contributed by atoms with Gasteiger partial charge < -0.3 is 16.0 Å². The van der Waals surface area contributed by atoms with E-state index in [0.717, 1.165) is 57.0 Å². The molecule has 1 aromatic heterocycles. The van der Waals surface area contributed by atoms with Gasteiger partial charge >= 0.3 is 0 Å². The van der Waals surface area contributed by atoms with E-state index in [1.165, 1.54) is 5.01 Å². The third-order valence-electron chi connectivity index (χ3n) is 4.04. The highest BCUT2D eigenvalue weighted by Crippen LogP contribution is 2.19. The van der Waals surface area contributed by atoms with E-state index in [-0.39, 0.29) is 5.91 Å². The van der Waals surface area contributed by atoms with Gasteiger partial charge in [-0.15, -0.1) is 11.3 Å². The number of nitrogens with one attached hydrogen (secondary N) is 1. The molecule has 128 valence electrons. The van der Waals surface area contributed by atoms with Crippen LogP contribution in [-0.2, 0) is 11.2 Å². The normalized spacial score (nSPS) is 19.0. The molecule has 6 nitrogen and oxygen atoms in total. The molecule has 7 heteroatoms. The molecule has 23 heavy (non-hydrogen) atoms. The van der Waals surface area contributed by atoms with Crippen LogP contribution in [0.25, 0.3) is 0 Å². The summed E-state index contributed by atoms with van der Waals surface area (Å²) in [5.74, 6) is 1.06. The second-order valence-electron chi connectivity index (χ2n) is 6.08. The van der Waals surface area contributed by atoms with Gasteiger partial charge in [0.1, 0.15) is 0 Å². The molecule has 0 radical (unpaired) electrons. The predicted molar refractivity (Wildman–Crippen MR) is 94.6 cm³/mol. The fourth-order valence-electron chi connectivity index (χ4n) is 3.00. The van der Waals surface area contributed by atoms with Crippen LogP contribution in [0.15, 0.2) is 10.4 Å². The van der Waals surface area contributed by atoms with Crippen molar-refractivity contribution in [3.05, 3.63) is 16.1 Å². The fraction of sp³-hybridized carbons (Fsp3) is 0.688. The molecule has 1 saturated heterocycles. The van der Waals surface area contributed by atoms with E-state index in [9.17, 15) is 4.79 Å². The van der Waals surface area contributed by atoms with Crippen LogP contribution >= 0.6 is 11.3 Å². The van der Waals surface area contributed by atoms with Gasteiger partial charge in [-0.05, 0) is 32.1 Å². The SMILES string of the molecule is CN=C(NCCCc1nc(C)cs1)N1CCCC(CC(N)=O)C1. The molecule has 1 fully saturated rings. The zero-order valence-electron chi connectivity index (χ0n) is 14.0. The van der Waals surface area contributed by atoms with Crippen LogP contribution in [0.4, 0.5) is 0 Å².